The molecule has 0 saturated heterocycles. The van der Waals surface area contributed by atoms with Crippen molar-refractivity contribution in [2.24, 2.45) is 0 Å². The van der Waals surface area contributed by atoms with Crippen LogP contribution in [0.25, 0.3) is 86.3 Å². The quantitative estimate of drug-likeness (QED) is 0.170. The number of hydrogen-bond donors (Lipinski definition) is 0. The third-order valence-electron chi connectivity index (χ3n) is 10.9. The Morgan fingerprint density at radius 2 is 1.00 bits per heavy atom. The van der Waals surface area contributed by atoms with Crippen molar-refractivity contribution in [2.45, 2.75) is 0 Å². The number of anilines is 3. The molecule has 0 aliphatic carbocycles. The van der Waals surface area contributed by atoms with Gasteiger partial charge < -0.3 is 9.32 Å². The van der Waals surface area contributed by atoms with E-state index in [-0.39, 0.29) is 0 Å². The zero-order chi connectivity index (χ0) is 36.3. The van der Waals surface area contributed by atoms with Crippen molar-refractivity contribution in [3.05, 3.63) is 200 Å². The maximum absolute atomic E-state index is 6.46. The van der Waals surface area contributed by atoms with Crippen molar-refractivity contribution in [3.8, 4) is 33.4 Å². The first kappa shape index (κ1) is 31.6. The largest absolute Gasteiger partial charge is 0.456 e. The average Bonchev–Trinajstić information content (AvgIpc) is 3.82. The van der Waals surface area contributed by atoms with Crippen LogP contribution < -0.4 is 4.90 Å². The molecule has 0 aliphatic heterocycles. The summed E-state index contributed by atoms with van der Waals surface area (Å²) in [6, 6.07) is 72.2. The topological polar surface area (TPSA) is 16.4 Å². The first-order chi connectivity index (χ1) is 27.3. The van der Waals surface area contributed by atoms with Crippen LogP contribution in [-0.2, 0) is 0 Å². The average molecular weight is 720 g/mol. The molecule has 0 atom stereocenters. The molecular weight excluding hydrogens is 687 g/mol. The molecule has 2 aromatic heterocycles. The van der Waals surface area contributed by atoms with Gasteiger partial charge in [0.2, 0.25) is 0 Å². The van der Waals surface area contributed by atoms with E-state index >= 15 is 0 Å². The van der Waals surface area contributed by atoms with Crippen LogP contribution in [0.3, 0.4) is 0 Å². The molecule has 0 bridgehead atoms. The van der Waals surface area contributed by atoms with Gasteiger partial charge in [0.15, 0.2) is 0 Å². The van der Waals surface area contributed by atoms with E-state index in [0.29, 0.717) is 0 Å². The zero-order valence-corrected chi connectivity index (χ0v) is 30.6. The summed E-state index contributed by atoms with van der Waals surface area (Å²) in [6.45, 7) is 0. The highest BCUT2D eigenvalue weighted by Crippen LogP contribution is 2.47. The van der Waals surface area contributed by atoms with Gasteiger partial charge in [-0.15, -0.1) is 11.3 Å². The minimum absolute atomic E-state index is 0.868. The van der Waals surface area contributed by atoms with E-state index in [9.17, 15) is 0 Å². The fourth-order valence-electron chi connectivity index (χ4n) is 8.28. The number of para-hydroxylation sites is 2. The third kappa shape index (κ3) is 5.32. The Morgan fingerprint density at radius 3 is 1.93 bits per heavy atom. The smallest absolute Gasteiger partial charge is 0.137 e. The zero-order valence-electron chi connectivity index (χ0n) is 29.8. The van der Waals surface area contributed by atoms with E-state index in [1.54, 1.807) is 0 Å². The van der Waals surface area contributed by atoms with Gasteiger partial charge in [-0.3, -0.25) is 0 Å². The normalized spacial score (nSPS) is 11.6. The molecule has 0 aliphatic rings. The van der Waals surface area contributed by atoms with Gasteiger partial charge in [0, 0.05) is 59.5 Å². The fraction of sp³-hybridized carbons (Fsp3) is 0. The Balaban J connectivity index is 1.08. The second-order valence-corrected chi connectivity index (χ2v) is 15.1. The van der Waals surface area contributed by atoms with Gasteiger partial charge in [0.05, 0.1) is 5.69 Å². The Morgan fingerprint density at radius 1 is 0.364 bits per heavy atom. The van der Waals surface area contributed by atoms with Gasteiger partial charge in [-0.05, 0) is 75.5 Å². The van der Waals surface area contributed by atoms with Crippen LogP contribution in [0.4, 0.5) is 17.1 Å². The van der Waals surface area contributed by atoms with Crippen LogP contribution >= 0.6 is 11.3 Å². The van der Waals surface area contributed by atoms with Gasteiger partial charge in [-0.2, -0.15) is 0 Å². The van der Waals surface area contributed by atoms with E-state index in [1.807, 2.05) is 23.5 Å². The second kappa shape index (κ2) is 12.9. The highest BCUT2D eigenvalue weighted by atomic mass is 32.1. The number of benzene rings is 9. The monoisotopic (exact) mass is 719 g/mol. The molecule has 0 saturated carbocycles. The first-order valence-corrected chi connectivity index (χ1v) is 19.5. The van der Waals surface area contributed by atoms with Crippen LogP contribution in [0, 0.1) is 0 Å². The third-order valence-corrected chi connectivity index (χ3v) is 12.1. The molecule has 0 fully saturated rings. The van der Waals surface area contributed by atoms with Gasteiger partial charge in [0.1, 0.15) is 11.2 Å². The van der Waals surface area contributed by atoms with Crippen molar-refractivity contribution < 1.29 is 4.42 Å². The van der Waals surface area contributed by atoms with Gasteiger partial charge in [-0.25, -0.2) is 0 Å². The lowest BCUT2D eigenvalue weighted by molar-refractivity contribution is 0.669. The molecule has 0 spiro atoms. The van der Waals surface area contributed by atoms with Crippen molar-refractivity contribution in [3.63, 3.8) is 0 Å². The number of thiophene rings is 1. The number of hydrogen-bond acceptors (Lipinski definition) is 3. The van der Waals surface area contributed by atoms with Crippen LogP contribution in [0.5, 0.6) is 0 Å². The highest BCUT2D eigenvalue weighted by Gasteiger charge is 2.21. The number of fused-ring (bicyclic) bond motifs is 7. The van der Waals surface area contributed by atoms with Crippen LogP contribution in [0.15, 0.2) is 205 Å². The van der Waals surface area contributed by atoms with E-state index in [2.05, 4.69) is 193 Å². The Hall–Kier alpha value is -6.94. The molecule has 2 heterocycles. The van der Waals surface area contributed by atoms with Crippen LogP contribution in [0.1, 0.15) is 0 Å². The summed E-state index contributed by atoms with van der Waals surface area (Å²) < 4.78 is 9.06. The molecule has 258 valence electrons. The molecule has 0 N–H and O–H groups in total. The highest BCUT2D eigenvalue weighted by molar-refractivity contribution is 7.26. The maximum atomic E-state index is 6.46. The minimum atomic E-state index is 0.868. The molecule has 55 heavy (non-hydrogen) atoms. The molecule has 0 unspecified atom stereocenters. The lowest BCUT2D eigenvalue weighted by Crippen LogP contribution is -2.11. The Bertz CT molecular complexity index is 3220. The summed E-state index contributed by atoms with van der Waals surface area (Å²) >= 11 is 1.87. The summed E-state index contributed by atoms with van der Waals surface area (Å²) in [4.78, 5) is 2.39. The van der Waals surface area contributed by atoms with E-state index in [0.717, 1.165) is 44.6 Å². The second-order valence-electron chi connectivity index (χ2n) is 14.1. The maximum Gasteiger partial charge on any atom is 0.137 e. The number of nitrogens with zero attached hydrogens (tertiary/aromatic N) is 1. The molecule has 3 heteroatoms. The lowest BCUT2D eigenvalue weighted by atomic mass is 9.96. The summed E-state index contributed by atoms with van der Waals surface area (Å²) in [5.41, 5.74) is 12.2. The number of rotatable bonds is 6. The molecule has 2 nitrogen and oxygen atoms in total. The van der Waals surface area contributed by atoms with E-state index in [1.165, 1.54) is 58.8 Å². The van der Waals surface area contributed by atoms with Crippen molar-refractivity contribution in [1.82, 2.24) is 0 Å². The summed E-state index contributed by atoms with van der Waals surface area (Å²) in [7, 11) is 0. The molecular formula is C52H33NOS. The fourth-order valence-corrected chi connectivity index (χ4v) is 9.51. The summed E-state index contributed by atoms with van der Waals surface area (Å²) in [6.07, 6.45) is 0. The number of furan rings is 1. The summed E-state index contributed by atoms with van der Waals surface area (Å²) in [5.74, 6) is 0. The SMILES string of the molecule is c1cc(-c2ccc(-c3cccc4ccccc34)cc2)cc(N(c2ccc3c(c2)oc2ccccc23)c2ccccc2-c2cccc3c2sc2ccccc23)c1. The van der Waals surface area contributed by atoms with Gasteiger partial charge in [-0.1, -0.05) is 152 Å². The Labute approximate surface area is 322 Å². The van der Waals surface area contributed by atoms with Gasteiger partial charge in [0.25, 0.3) is 0 Å². The van der Waals surface area contributed by atoms with E-state index in [4.69, 9.17) is 4.42 Å². The predicted molar refractivity (Wildman–Crippen MR) is 235 cm³/mol. The van der Waals surface area contributed by atoms with Crippen LogP contribution in [-0.4, -0.2) is 0 Å². The van der Waals surface area contributed by atoms with Crippen molar-refractivity contribution >= 4 is 81.3 Å². The van der Waals surface area contributed by atoms with Crippen LogP contribution in [0.2, 0.25) is 0 Å². The molecule has 11 rings (SSSR count). The standard InChI is InChI=1S/C52H33NOS/c1-2-16-40-35(12-1)13-10-20-41(40)36-28-26-34(27-29-36)37-14-9-15-38(32-37)53(39-30-31-44-43-18-4-7-24-49(43)54-50(44)33-39)48-23-6-3-17-42(48)46-21-11-22-47-45-19-5-8-25-51(45)55-52(46)47/h1-33H. The molecule has 0 amide bonds. The first-order valence-electron chi connectivity index (χ1n) is 18.7. The minimum Gasteiger partial charge on any atom is -0.456 e. The van der Waals surface area contributed by atoms with Crippen molar-refractivity contribution in [1.29, 1.82) is 0 Å². The molecule has 0 radical (unpaired) electrons. The van der Waals surface area contributed by atoms with E-state index < -0.39 is 0 Å². The predicted octanol–water partition coefficient (Wildman–Crippen LogP) is 15.6. The molecule has 9 aromatic carbocycles. The van der Waals surface area contributed by atoms with Gasteiger partial charge >= 0.3 is 0 Å². The Kier molecular flexibility index (Phi) is 7.39. The molecule has 11 aromatic rings. The lowest BCUT2D eigenvalue weighted by Gasteiger charge is -2.28. The summed E-state index contributed by atoms with van der Waals surface area (Å²) in [5, 5.41) is 7.35. The van der Waals surface area contributed by atoms with Crippen molar-refractivity contribution in [2.75, 3.05) is 4.90 Å².